The van der Waals surface area contributed by atoms with Crippen molar-refractivity contribution in [2.24, 2.45) is 0 Å². The molecule has 0 aromatic carbocycles. The number of halogens is 1. The van der Waals surface area contributed by atoms with E-state index in [1.54, 1.807) is 0 Å². The maximum Gasteiger partial charge on any atom is 2.00 e. The summed E-state index contributed by atoms with van der Waals surface area (Å²) in [6.07, 6.45) is 0. The zero-order valence-corrected chi connectivity index (χ0v) is 5.83. The smallest absolute Gasteiger partial charge is 0.124 e. The second kappa shape index (κ2) is 5.06. The van der Waals surface area contributed by atoms with Crippen LogP contribution in [0, 0.1) is 0 Å². The summed E-state index contributed by atoms with van der Waals surface area (Å²) >= 11 is 5.27. The van der Waals surface area contributed by atoms with Crippen molar-refractivity contribution in [3.63, 3.8) is 0 Å². The van der Waals surface area contributed by atoms with Crippen LogP contribution in [0.5, 0.6) is 0 Å². The van der Waals surface area contributed by atoms with Gasteiger partial charge in [-0.3, -0.25) is 0 Å². The van der Waals surface area contributed by atoms with Crippen molar-refractivity contribution >= 4 is 34.7 Å². The van der Waals surface area contributed by atoms with Gasteiger partial charge in [-0.1, -0.05) is 0 Å². The molecule has 0 heterocycles. The van der Waals surface area contributed by atoms with Crippen molar-refractivity contribution in [2.45, 2.75) is 19.2 Å². The summed E-state index contributed by atoms with van der Waals surface area (Å²) in [5.41, 5.74) is 0. The Kier molecular flexibility index (Phi) is 9.52. The van der Waals surface area contributed by atoms with Crippen LogP contribution in [-0.2, 0) is 0 Å². The molecule has 5 heavy (non-hydrogen) atoms. The zero-order valence-electron chi connectivity index (χ0n) is 3.66. The molecule has 26 valence electrons. The van der Waals surface area contributed by atoms with E-state index >= 15 is 0 Å². The van der Waals surface area contributed by atoms with Crippen molar-refractivity contribution in [3.8, 4) is 0 Å². The first kappa shape index (κ1) is 9.41. The van der Waals surface area contributed by atoms with E-state index in [0.717, 1.165) is 0 Å². The normalized spacial score (nSPS) is 7.20. The van der Waals surface area contributed by atoms with Crippen LogP contribution < -0.4 is 0 Å². The predicted molar refractivity (Wildman–Crippen MR) is 26.7 cm³/mol. The van der Waals surface area contributed by atoms with Crippen molar-refractivity contribution in [1.29, 1.82) is 0 Å². The van der Waals surface area contributed by atoms with Crippen molar-refractivity contribution in [1.82, 2.24) is 0 Å². The van der Waals surface area contributed by atoms with Gasteiger partial charge in [-0.25, -0.2) is 0 Å². The Morgan fingerprint density at radius 2 is 1.40 bits per heavy atom. The third-order valence-electron chi connectivity index (χ3n) is 0. The van der Waals surface area contributed by atoms with Gasteiger partial charge in [-0.15, -0.1) is 11.6 Å². The maximum atomic E-state index is 5.27. The van der Waals surface area contributed by atoms with Gasteiger partial charge in [0.05, 0.1) is 0 Å². The summed E-state index contributed by atoms with van der Waals surface area (Å²) in [6, 6.07) is 0. The van der Waals surface area contributed by atoms with Crippen molar-refractivity contribution in [2.75, 3.05) is 0 Å². The van der Waals surface area contributed by atoms with Gasteiger partial charge in [-0.05, 0) is 13.8 Å². The van der Waals surface area contributed by atoms with Crippen LogP contribution in [0.3, 0.4) is 0 Å². The largest absolute Gasteiger partial charge is 2.00 e. The van der Waals surface area contributed by atoms with E-state index in [1.165, 1.54) is 0 Å². The van der Waals surface area contributed by atoms with Gasteiger partial charge >= 0.3 is 23.1 Å². The van der Waals surface area contributed by atoms with Crippen LogP contribution in [0.4, 0.5) is 0 Å². The molecule has 0 aliphatic rings. The van der Waals surface area contributed by atoms with E-state index < -0.39 is 0 Å². The first-order valence-corrected chi connectivity index (χ1v) is 1.81. The van der Waals surface area contributed by atoms with Crippen LogP contribution in [0.25, 0.3) is 0 Å². The molecule has 0 aromatic heterocycles. The fraction of sp³-hybridized carbons (Fsp3) is 1.00. The van der Waals surface area contributed by atoms with Crippen LogP contribution in [0.1, 0.15) is 13.8 Å². The molecule has 0 bridgehead atoms. The molecule has 0 fully saturated rings. The number of rotatable bonds is 0. The van der Waals surface area contributed by atoms with E-state index in [-0.39, 0.29) is 23.1 Å². The number of hydrogen-bond donors (Lipinski definition) is 0. The van der Waals surface area contributed by atoms with E-state index in [1.807, 2.05) is 13.8 Å². The summed E-state index contributed by atoms with van der Waals surface area (Å²) in [5.74, 6) is 0. The molecule has 0 nitrogen and oxygen atoms in total. The van der Waals surface area contributed by atoms with E-state index in [2.05, 4.69) is 0 Å². The fourth-order valence-corrected chi connectivity index (χ4v) is 0. The SMILES string of the molecule is CC(C)Cl.[Mg+2]. The number of hydrogen-bond acceptors (Lipinski definition) is 0. The minimum atomic E-state index is 0. The molecule has 0 aromatic rings. The Morgan fingerprint density at radius 1 is 1.40 bits per heavy atom. The summed E-state index contributed by atoms with van der Waals surface area (Å²) in [5, 5.41) is 0.306. The first-order valence-electron chi connectivity index (χ1n) is 1.37. The molecule has 0 saturated heterocycles. The fourth-order valence-electron chi connectivity index (χ4n) is 0. The first-order chi connectivity index (χ1) is 1.73. The third kappa shape index (κ3) is 42.3. The minimum absolute atomic E-state index is 0. The van der Waals surface area contributed by atoms with E-state index in [9.17, 15) is 0 Å². The molecular weight excluding hydrogens is 95.8 g/mol. The standard InChI is InChI=1S/C3H7Cl.Mg/c1-3(2)4;/h3H,1-2H3;/q;+2. The number of alkyl halides is 1. The Hall–Kier alpha value is 1.06. The van der Waals surface area contributed by atoms with Gasteiger partial charge in [-0.2, -0.15) is 0 Å². The monoisotopic (exact) mass is 102 g/mol. The molecule has 0 N–H and O–H groups in total. The van der Waals surface area contributed by atoms with Crippen LogP contribution in [-0.4, -0.2) is 28.4 Å². The van der Waals surface area contributed by atoms with Crippen LogP contribution in [0.15, 0.2) is 0 Å². The second-order valence-corrected chi connectivity index (χ2v) is 1.89. The molecule has 0 saturated carbocycles. The Labute approximate surface area is 54.0 Å². The third-order valence-corrected chi connectivity index (χ3v) is 0. The predicted octanol–water partition coefficient (Wildman–Crippen LogP) is 1.25. The zero-order chi connectivity index (χ0) is 3.58. The molecular formula is C3H7ClMg+2. The Morgan fingerprint density at radius 3 is 1.40 bits per heavy atom. The van der Waals surface area contributed by atoms with Gasteiger partial charge in [0.15, 0.2) is 0 Å². The van der Waals surface area contributed by atoms with Crippen molar-refractivity contribution in [3.05, 3.63) is 0 Å². The second-order valence-electron chi connectivity index (χ2n) is 1.01. The minimum Gasteiger partial charge on any atom is -0.124 e. The molecule has 0 radical (unpaired) electrons. The molecule has 0 spiro atoms. The van der Waals surface area contributed by atoms with Gasteiger partial charge in [0, 0.05) is 5.38 Å². The average molecular weight is 103 g/mol. The van der Waals surface area contributed by atoms with Gasteiger partial charge < -0.3 is 0 Å². The average Bonchev–Trinajstić information content (AvgIpc) is 0.811. The summed E-state index contributed by atoms with van der Waals surface area (Å²) in [7, 11) is 0. The van der Waals surface area contributed by atoms with Crippen LogP contribution in [0.2, 0.25) is 0 Å². The van der Waals surface area contributed by atoms with Crippen LogP contribution >= 0.6 is 11.6 Å². The van der Waals surface area contributed by atoms with Gasteiger partial charge in [0.1, 0.15) is 0 Å². The molecule has 0 rings (SSSR count). The Bertz CT molecular complexity index is 11.6. The quantitative estimate of drug-likeness (QED) is 0.319. The maximum absolute atomic E-state index is 5.27. The molecule has 2 heteroatoms. The topological polar surface area (TPSA) is 0 Å². The molecule has 0 atom stereocenters. The summed E-state index contributed by atoms with van der Waals surface area (Å²) in [4.78, 5) is 0. The molecule has 0 aliphatic heterocycles. The molecule has 0 amide bonds. The Balaban J connectivity index is 0. The van der Waals surface area contributed by atoms with E-state index in [4.69, 9.17) is 11.6 Å². The summed E-state index contributed by atoms with van der Waals surface area (Å²) < 4.78 is 0. The van der Waals surface area contributed by atoms with Crippen molar-refractivity contribution < 1.29 is 0 Å². The molecule has 0 unspecified atom stereocenters. The van der Waals surface area contributed by atoms with Gasteiger partial charge in [0.25, 0.3) is 0 Å². The molecule has 0 aliphatic carbocycles. The summed E-state index contributed by atoms with van der Waals surface area (Å²) in [6.45, 7) is 3.86. The van der Waals surface area contributed by atoms with Gasteiger partial charge in [0.2, 0.25) is 0 Å². The van der Waals surface area contributed by atoms with E-state index in [0.29, 0.717) is 5.38 Å².